The first-order valence-corrected chi connectivity index (χ1v) is 5.53. The summed E-state index contributed by atoms with van der Waals surface area (Å²) < 4.78 is 5.13. The van der Waals surface area contributed by atoms with Gasteiger partial charge >= 0.3 is 0 Å². The van der Waals surface area contributed by atoms with Gasteiger partial charge in [0.2, 0.25) is 0 Å². The molecule has 0 aliphatic rings. The molecule has 0 fully saturated rings. The van der Waals surface area contributed by atoms with Gasteiger partial charge in [0.25, 0.3) is 5.91 Å². The lowest BCUT2D eigenvalue weighted by Gasteiger charge is -2.08. The number of anilines is 1. The monoisotopic (exact) mass is 234 g/mol. The zero-order valence-electron chi connectivity index (χ0n) is 8.64. The molecule has 0 unspecified atom stereocenters. The van der Waals surface area contributed by atoms with E-state index >= 15 is 0 Å². The van der Waals surface area contributed by atoms with Crippen LogP contribution in [0.3, 0.4) is 0 Å². The Kier molecular flexibility index (Phi) is 3.16. The van der Waals surface area contributed by atoms with Gasteiger partial charge in [-0.1, -0.05) is 12.1 Å². The summed E-state index contributed by atoms with van der Waals surface area (Å²) in [4.78, 5) is 15.7. The number of hydrogen-bond acceptors (Lipinski definition) is 4. The number of benzene rings is 1. The van der Waals surface area contributed by atoms with E-state index in [-0.39, 0.29) is 5.91 Å². The largest absolute Gasteiger partial charge is 0.495 e. The summed E-state index contributed by atoms with van der Waals surface area (Å²) in [6.07, 6.45) is 1.60. The highest BCUT2D eigenvalue weighted by atomic mass is 32.1. The van der Waals surface area contributed by atoms with Crippen LogP contribution in [-0.2, 0) is 0 Å². The van der Waals surface area contributed by atoms with Crippen LogP contribution in [0.1, 0.15) is 9.80 Å². The van der Waals surface area contributed by atoms with E-state index in [0.29, 0.717) is 16.4 Å². The Labute approximate surface area is 96.9 Å². The van der Waals surface area contributed by atoms with Crippen molar-refractivity contribution in [3.63, 3.8) is 0 Å². The number of hydrogen-bond donors (Lipinski definition) is 1. The third-order valence-electron chi connectivity index (χ3n) is 1.98. The molecule has 1 N–H and O–H groups in total. The van der Waals surface area contributed by atoms with Gasteiger partial charge in [-0.3, -0.25) is 4.79 Å². The molecule has 5 heteroatoms. The number of ether oxygens (including phenoxy) is 1. The van der Waals surface area contributed by atoms with Crippen molar-refractivity contribution in [2.45, 2.75) is 0 Å². The maximum absolute atomic E-state index is 11.7. The lowest BCUT2D eigenvalue weighted by atomic mass is 10.3. The molecule has 1 aromatic carbocycles. The first-order chi connectivity index (χ1) is 7.81. The highest BCUT2D eigenvalue weighted by Gasteiger charge is 2.10. The summed E-state index contributed by atoms with van der Waals surface area (Å²) in [6.45, 7) is 0. The van der Waals surface area contributed by atoms with Crippen molar-refractivity contribution in [3.8, 4) is 5.75 Å². The van der Waals surface area contributed by atoms with Crippen molar-refractivity contribution in [2.75, 3.05) is 12.4 Å². The normalized spacial score (nSPS) is 9.81. The van der Waals surface area contributed by atoms with E-state index < -0.39 is 0 Å². The first kappa shape index (κ1) is 10.6. The Morgan fingerprint density at radius 1 is 1.44 bits per heavy atom. The summed E-state index contributed by atoms with van der Waals surface area (Å²) in [5, 5.41) is 4.94. The fraction of sp³-hybridized carbons (Fsp3) is 0.0909. The Morgan fingerprint density at radius 2 is 2.25 bits per heavy atom. The zero-order valence-corrected chi connectivity index (χ0v) is 9.45. The minimum absolute atomic E-state index is 0.223. The molecule has 4 nitrogen and oxygen atoms in total. The van der Waals surface area contributed by atoms with Gasteiger partial charge in [-0.25, -0.2) is 4.98 Å². The summed E-state index contributed by atoms with van der Waals surface area (Å²) >= 11 is 1.30. The van der Waals surface area contributed by atoms with Gasteiger partial charge in [-0.2, -0.15) is 0 Å². The van der Waals surface area contributed by atoms with Crippen molar-refractivity contribution in [1.82, 2.24) is 4.98 Å². The van der Waals surface area contributed by atoms with Crippen LogP contribution in [-0.4, -0.2) is 18.0 Å². The molecule has 16 heavy (non-hydrogen) atoms. The molecular weight excluding hydrogens is 224 g/mol. The number of para-hydroxylation sites is 2. The third-order valence-corrected chi connectivity index (χ3v) is 2.75. The fourth-order valence-corrected chi connectivity index (χ4v) is 1.79. The van der Waals surface area contributed by atoms with Crippen molar-refractivity contribution in [3.05, 3.63) is 40.8 Å². The molecule has 1 heterocycles. The zero-order chi connectivity index (χ0) is 11.4. The highest BCUT2D eigenvalue weighted by Crippen LogP contribution is 2.23. The SMILES string of the molecule is COc1ccccc1NC(=O)c1nccs1. The van der Waals surface area contributed by atoms with E-state index in [9.17, 15) is 4.79 Å². The summed E-state index contributed by atoms with van der Waals surface area (Å²) in [5.74, 6) is 0.409. The maximum Gasteiger partial charge on any atom is 0.284 e. The number of aromatic nitrogens is 1. The van der Waals surface area contributed by atoms with Gasteiger partial charge in [0, 0.05) is 11.6 Å². The molecule has 82 valence electrons. The van der Waals surface area contributed by atoms with Crippen LogP contribution in [0.15, 0.2) is 35.8 Å². The molecule has 0 aliphatic carbocycles. The molecular formula is C11H10N2O2S. The molecule has 0 atom stereocenters. The van der Waals surface area contributed by atoms with Crippen LogP contribution in [0.25, 0.3) is 0 Å². The Hall–Kier alpha value is -1.88. The van der Waals surface area contributed by atoms with Crippen molar-refractivity contribution in [2.24, 2.45) is 0 Å². The summed E-state index contributed by atoms with van der Waals surface area (Å²) in [6, 6.07) is 7.25. The minimum atomic E-state index is -0.223. The molecule has 0 spiro atoms. The topological polar surface area (TPSA) is 51.2 Å². The van der Waals surface area contributed by atoms with Crippen LogP contribution < -0.4 is 10.1 Å². The summed E-state index contributed by atoms with van der Waals surface area (Å²) in [5.41, 5.74) is 0.644. The number of methoxy groups -OCH3 is 1. The predicted octanol–water partition coefficient (Wildman–Crippen LogP) is 2.40. The molecule has 0 bridgehead atoms. The molecule has 0 saturated heterocycles. The third kappa shape index (κ3) is 2.20. The average molecular weight is 234 g/mol. The van der Waals surface area contributed by atoms with Crippen molar-refractivity contribution >= 4 is 22.9 Å². The molecule has 0 radical (unpaired) electrons. The van der Waals surface area contributed by atoms with E-state index in [1.54, 1.807) is 30.8 Å². The Bertz CT molecular complexity index is 482. The minimum Gasteiger partial charge on any atom is -0.495 e. The molecule has 2 aromatic rings. The number of rotatable bonds is 3. The quantitative estimate of drug-likeness (QED) is 0.887. The van der Waals surface area contributed by atoms with Crippen molar-refractivity contribution < 1.29 is 9.53 Å². The number of carbonyl (C=O) groups excluding carboxylic acids is 1. The maximum atomic E-state index is 11.7. The lowest BCUT2D eigenvalue weighted by molar-refractivity contribution is 0.102. The van der Waals surface area contributed by atoms with E-state index in [0.717, 1.165) is 0 Å². The van der Waals surface area contributed by atoms with Crippen LogP contribution in [0.4, 0.5) is 5.69 Å². The van der Waals surface area contributed by atoms with Gasteiger partial charge < -0.3 is 10.1 Å². The Morgan fingerprint density at radius 3 is 2.94 bits per heavy atom. The second kappa shape index (κ2) is 4.76. The molecule has 1 amide bonds. The van der Waals surface area contributed by atoms with Gasteiger partial charge in [-0.15, -0.1) is 11.3 Å². The van der Waals surface area contributed by atoms with E-state index in [2.05, 4.69) is 10.3 Å². The number of nitrogens with one attached hydrogen (secondary N) is 1. The number of thiazole rings is 1. The lowest BCUT2D eigenvalue weighted by Crippen LogP contribution is -2.12. The standard InChI is InChI=1S/C11H10N2O2S/c1-15-9-5-3-2-4-8(9)13-10(14)11-12-6-7-16-11/h2-7H,1H3,(H,13,14). The van der Waals surface area contributed by atoms with Crippen molar-refractivity contribution in [1.29, 1.82) is 0 Å². The van der Waals surface area contributed by atoms with Crippen LogP contribution in [0.2, 0.25) is 0 Å². The average Bonchev–Trinajstić information content (AvgIpc) is 2.83. The fourth-order valence-electron chi connectivity index (χ4n) is 1.26. The van der Waals surface area contributed by atoms with Crippen LogP contribution in [0, 0.1) is 0 Å². The first-order valence-electron chi connectivity index (χ1n) is 4.65. The van der Waals surface area contributed by atoms with Gasteiger partial charge in [0.1, 0.15) is 5.75 Å². The molecule has 0 aliphatic heterocycles. The number of nitrogens with zero attached hydrogens (tertiary/aromatic N) is 1. The molecule has 0 saturated carbocycles. The number of carbonyl (C=O) groups is 1. The predicted molar refractivity (Wildman–Crippen MR) is 63.1 cm³/mol. The van der Waals surface area contributed by atoms with Gasteiger partial charge in [0.05, 0.1) is 12.8 Å². The van der Waals surface area contributed by atoms with E-state index in [4.69, 9.17) is 4.74 Å². The second-order valence-electron chi connectivity index (χ2n) is 2.99. The van der Waals surface area contributed by atoms with E-state index in [1.165, 1.54) is 11.3 Å². The van der Waals surface area contributed by atoms with E-state index in [1.807, 2.05) is 12.1 Å². The van der Waals surface area contributed by atoms with Gasteiger partial charge in [-0.05, 0) is 12.1 Å². The number of amides is 1. The summed E-state index contributed by atoms with van der Waals surface area (Å²) in [7, 11) is 1.56. The molecule has 2 rings (SSSR count). The van der Waals surface area contributed by atoms with Crippen LogP contribution in [0.5, 0.6) is 5.75 Å². The van der Waals surface area contributed by atoms with Gasteiger partial charge in [0.15, 0.2) is 5.01 Å². The highest BCUT2D eigenvalue weighted by molar-refractivity contribution is 7.11. The second-order valence-corrected chi connectivity index (χ2v) is 3.89. The van der Waals surface area contributed by atoms with Crippen LogP contribution >= 0.6 is 11.3 Å². The Balaban J connectivity index is 2.18. The smallest absolute Gasteiger partial charge is 0.284 e. The molecule has 1 aromatic heterocycles.